The van der Waals surface area contributed by atoms with Crippen LogP contribution < -0.4 is 0 Å². The van der Waals surface area contributed by atoms with E-state index in [1.54, 1.807) is 30.7 Å². The van der Waals surface area contributed by atoms with Gasteiger partial charge in [0.25, 0.3) is 0 Å². The van der Waals surface area contributed by atoms with E-state index in [1.165, 1.54) is 6.07 Å². The Morgan fingerprint density at radius 3 is 2.75 bits per heavy atom. The van der Waals surface area contributed by atoms with Crippen molar-refractivity contribution in [2.45, 2.75) is 13.0 Å². The van der Waals surface area contributed by atoms with Crippen molar-refractivity contribution in [3.8, 4) is 22.4 Å². The van der Waals surface area contributed by atoms with Gasteiger partial charge in [0, 0.05) is 34.8 Å². The summed E-state index contributed by atoms with van der Waals surface area (Å²) in [6.07, 6.45) is 5.23. The molecule has 0 spiro atoms. The van der Waals surface area contributed by atoms with Crippen LogP contribution in [0.25, 0.3) is 22.4 Å². The van der Waals surface area contributed by atoms with Crippen LogP contribution in [0.4, 0.5) is 4.39 Å². The van der Waals surface area contributed by atoms with Gasteiger partial charge in [0.15, 0.2) is 0 Å². The average Bonchev–Trinajstić information content (AvgIpc) is 2.96. The van der Waals surface area contributed by atoms with E-state index in [0.29, 0.717) is 22.8 Å². The highest BCUT2D eigenvalue weighted by Crippen LogP contribution is 2.37. The van der Waals surface area contributed by atoms with Gasteiger partial charge in [0.2, 0.25) is 0 Å². The van der Waals surface area contributed by atoms with Crippen LogP contribution in [0.2, 0.25) is 5.02 Å². The molecule has 1 aliphatic rings. The predicted molar refractivity (Wildman–Crippen MR) is 93.0 cm³/mol. The molecule has 0 bridgehead atoms. The Morgan fingerprint density at radius 2 is 2.00 bits per heavy atom. The Morgan fingerprint density at radius 1 is 1.21 bits per heavy atom. The second-order valence-corrected chi connectivity index (χ2v) is 6.19. The number of hydrogen-bond donors (Lipinski definition) is 0. The molecule has 0 aliphatic carbocycles. The van der Waals surface area contributed by atoms with Gasteiger partial charge in [-0.3, -0.25) is 14.7 Å². The molecule has 0 fully saturated rings. The minimum Gasteiger partial charge on any atom is -0.289 e. The molecule has 0 saturated heterocycles. The number of pyridine rings is 1. The van der Waals surface area contributed by atoms with Gasteiger partial charge in [0.1, 0.15) is 11.5 Å². The molecule has 6 heteroatoms. The van der Waals surface area contributed by atoms with E-state index in [-0.39, 0.29) is 6.04 Å². The van der Waals surface area contributed by atoms with E-state index in [4.69, 9.17) is 16.7 Å². The second kappa shape index (κ2) is 5.83. The Bertz CT molecular complexity index is 934. The molecule has 2 aromatic heterocycles. The molecule has 3 heterocycles. The molecular formula is C18H14ClFN4. The van der Waals surface area contributed by atoms with Gasteiger partial charge in [-0.15, -0.1) is 0 Å². The van der Waals surface area contributed by atoms with Crippen LogP contribution in [0.15, 0.2) is 47.7 Å². The second-order valence-electron chi connectivity index (χ2n) is 5.76. The maximum absolute atomic E-state index is 14.5. The summed E-state index contributed by atoms with van der Waals surface area (Å²) in [6.45, 7) is 2.71. The Kier molecular flexibility index (Phi) is 3.65. The first-order valence-corrected chi connectivity index (χ1v) is 8.01. The van der Waals surface area contributed by atoms with Crippen LogP contribution >= 0.6 is 11.6 Å². The highest BCUT2D eigenvalue weighted by atomic mass is 35.5. The zero-order chi connectivity index (χ0) is 16.7. The number of benzene rings is 1. The maximum atomic E-state index is 14.5. The molecule has 4 rings (SSSR count). The highest BCUT2D eigenvalue weighted by Gasteiger charge is 2.25. The smallest absolute Gasteiger partial charge is 0.134 e. The Labute approximate surface area is 143 Å². The molecule has 1 atom stereocenters. The van der Waals surface area contributed by atoms with Crippen molar-refractivity contribution in [1.29, 1.82) is 0 Å². The van der Waals surface area contributed by atoms with Crippen LogP contribution in [0, 0.1) is 5.82 Å². The van der Waals surface area contributed by atoms with Gasteiger partial charge in [0.05, 0.1) is 18.3 Å². The van der Waals surface area contributed by atoms with Crippen molar-refractivity contribution in [2.75, 3.05) is 6.54 Å². The molecule has 1 unspecified atom stereocenters. The van der Waals surface area contributed by atoms with Crippen molar-refractivity contribution in [2.24, 2.45) is 4.99 Å². The van der Waals surface area contributed by atoms with E-state index >= 15 is 0 Å². The number of hydrogen-bond acceptors (Lipinski definition) is 3. The molecule has 0 N–H and O–H groups in total. The Balaban J connectivity index is 2.02. The van der Waals surface area contributed by atoms with E-state index in [1.807, 2.05) is 23.7 Å². The molecule has 1 aliphatic heterocycles. The standard InChI is InChI=1S/C18H14ClFN4/c1-11-9-22-10-16-17(12-4-6-21-7-5-12)18(23-24(11)16)14-3-2-13(19)8-15(14)20/h2-8,10-11H,9H2,1H3. The monoisotopic (exact) mass is 340 g/mol. The summed E-state index contributed by atoms with van der Waals surface area (Å²) in [5.74, 6) is -0.391. The fraction of sp³-hybridized carbons (Fsp3) is 0.167. The van der Waals surface area contributed by atoms with Crippen LogP contribution in [-0.2, 0) is 0 Å². The average molecular weight is 341 g/mol. The first-order chi connectivity index (χ1) is 11.6. The lowest BCUT2D eigenvalue weighted by Crippen LogP contribution is -2.17. The molecular weight excluding hydrogens is 327 g/mol. The topological polar surface area (TPSA) is 43.1 Å². The van der Waals surface area contributed by atoms with E-state index in [2.05, 4.69) is 9.98 Å². The summed E-state index contributed by atoms with van der Waals surface area (Å²) < 4.78 is 16.4. The molecule has 0 saturated carbocycles. The SMILES string of the molecule is CC1CN=Cc2c(-c3ccncc3)c(-c3ccc(Cl)cc3F)nn21. The third-order valence-corrected chi connectivity index (χ3v) is 4.34. The number of halogens is 2. The molecule has 0 amide bonds. The van der Waals surface area contributed by atoms with Gasteiger partial charge >= 0.3 is 0 Å². The predicted octanol–water partition coefficient (Wildman–Crippen LogP) is 4.40. The number of aliphatic imine (C=N–C) groups is 1. The van der Waals surface area contributed by atoms with Gasteiger partial charge in [-0.2, -0.15) is 5.10 Å². The van der Waals surface area contributed by atoms with Crippen molar-refractivity contribution in [3.05, 3.63) is 59.3 Å². The zero-order valence-corrected chi connectivity index (χ0v) is 13.7. The quantitative estimate of drug-likeness (QED) is 0.694. The first kappa shape index (κ1) is 15.0. The van der Waals surface area contributed by atoms with Crippen molar-refractivity contribution in [3.63, 3.8) is 0 Å². The summed E-state index contributed by atoms with van der Waals surface area (Å²) in [5.41, 5.74) is 3.67. The van der Waals surface area contributed by atoms with Gasteiger partial charge < -0.3 is 0 Å². The number of fused-ring (bicyclic) bond motifs is 1. The maximum Gasteiger partial charge on any atom is 0.134 e. The fourth-order valence-electron chi connectivity index (χ4n) is 2.95. The minimum absolute atomic E-state index is 0.120. The third kappa shape index (κ3) is 2.41. The molecule has 4 nitrogen and oxygen atoms in total. The lowest BCUT2D eigenvalue weighted by Gasteiger charge is -2.16. The lowest BCUT2D eigenvalue weighted by molar-refractivity contribution is 0.491. The summed E-state index contributed by atoms with van der Waals surface area (Å²) in [5, 5.41) is 5.05. The molecule has 0 radical (unpaired) electrons. The van der Waals surface area contributed by atoms with E-state index < -0.39 is 5.82 Å². The fourth-order valence-corrected chi connectivity index (χ4v) is 3.11. The van der Waals surface area contributed by atoms with Gasteiger partial charge in [-0.05, 0) is 42.8 Å². The van der Waals surface area contributed by atoms with Crippen molar-refractivity contribution in [1.82, 2.24) is 14.8 Å². The number of rotatable bonds is 2. The number of nitrogens with zero attached hydrogens (tertiary/aromatic N) is 4. The zero-order valence-electron chi connectivity index (χ0n) is 12.9. The lowest BCUT2D eigenvalue weighted by atomic mass is 9.99. The van der Waals surface area contributed by atoms with E-state index in [0.717, 1.165) is 16.8 Å². The third-order valence-electron chi connectivity index (χ3n) is 4.10. The first-order valence-electron chi connectivity index (χ1n) is 7.63. The van der Waals surface area contributed by atoms with Crippen LogP contribution in [-0.4, -0.2) is 27.5 Å². The van der Waals surface area contributed by atoms with Gasteiger partial charge in [-0.1, -0.05) is 11.6 Å². The number of aromatic nitrogens is 3. The van der Waals surface area contributed by atoms with Crippen LogP contribution in [0.3, 0.4) is 0 Å². The largest absolute Gasteiger partial charge is 0.289 e. The van der Waals surface area contributed by atoms with Crippen molar-refractivity contribution >= 4 is 17.8 Å². The van der Waals surface area contributed by atoms with Crippen LogP contribution in [0.1, 0.15) is 18.7 Å². The molecule has 3 aromatic rings. The van der Waals surface area contributed by atoms with E-state index in [9.17, 15) is 4.39 Å². The molecule has 120 valence electrons. The van der Waals surface area contributed by atoms with Gasteiger partial charge in [-0.25, -0.2) is 4.39 Å². The summed E-state index contributed by atoms with van der Waals surface area (Å²) in [6, 6.07) is 8.55. The Hall–Kier alpha value is -2.53. The molecule has 1 aromatic carbocycles. The molecule has 24 heavy (non-hydrogen) atoms. The minimum atomic E-state index is -0.391. The van der Waals surface area contributed by atoms with Crippen LogP contribution in [0.5, 0.6) is 0 Å². The summed E-state index contributed by atoms with van der Waals surface area (Å²) >= 11 is 5.89. The van der Waals surface area contributed by atoms with Crippen molar-refractivity contribution < 1.29 is 4.39 Å². The summed E-state index contributed by atoms with van der Waals surface area (Å²) in [4.78, 5) is 8.47. The summed E-state index contributed by atoms with van der Waals surface area (Å²) in [7, 11) is 0. The normalized spacial score (nSPS) is 16.2. The highest BCUT2D eigenvalue weighted by molar-refractivity contribution is 6.30.